The van der Waals surface area contributed by atoms with Gasteiger partial charge in [0.2, 0.25) is 0 Å². The van der Waals surface area contributed by atoms with E-state index in [1.54, 1.807) is 24.3 Å². The Bertz CT molecular complexity index is 602. The van der Waals surface area contributed by atoms with Crippen LogP contribution in [0, 0.1) is 11.6 Å². The molecule has 1 fully saturated rings. The fourth-order valence-corrected chi connectivity index (χ4v) is 2.89. The number of ether oxygens (including phenoxy) is 1. The van der Waals surface area contributed by atoms with E-state index >= 15 is 0 Å². The van der Waals surface area contributed by atoms with Crippen molar-refractivity contribution in [2.75, 3.05) is 6.61 Å². The van der Waals surface area contributed by atoms with Crippen LogP contribution in [-0.2, 0) is 14.9 Å². The number of halogens is 2. The monoisotopic (exact) mass is 288 g/mol. The highest BCUT2D eigenvalue weighted by atomic mass is 19.1. The van der Waals surface area contributed by atoms with Crippen LogP contribution in [0.4, 0.5) is 8.78 Å². The number of cyclic esters (lactones) is 1. The van der Waals surface area contributed by atoms with Crippen molar-refractivity contribution < 1.29 is 18.3 Å². The van der Waals surface area contributed by atoms with E-state index in [2.05, 4.69) is 0 Å². The largest absolute Gasteiger partial charge is 0.465 e. The van der Waals surface area contributed by atoms with Gasteiger partial charge in [-0.25, -0.2) is 8.78 Å². The molecule has 0 aliphatic carbocycles. The van der Waals surface area contributed by atoms with Gasteiger partial charge in [-0.2, -0.15) is 0 Å². The van der Waals surface area contributed by atoms with Crippen molar-refractivity contribution in [2.45, 2.75) is 18.3 Å². The van der Waals surface area contributed by atoms with Gasteiger partial charge in [-0.15, -0.1) is 0 Å². The van der Waals surface area contributed by atoms with Crippen molar-refractivity contribution in [3.05, 3.63) is 71.3 Å². The quantitative estimate of drug-likeness (QED) is 0.789. The van der Waals surface area contributed by atoms with Crippen molar-refractivity contribution in [2.24, 2.45) is 0 Å². The summed E-state index contributed by atoms with van der Waals surface area (Å²) in [4.78, 5) is 12.5. The third kappa shape index (κ3) is 2.31. The number of hydrogen-bond donors (Lipinski definition) is 0. The first-order valence-corrected chi connectivity index (χ1v) is 6.82. The molecule has 0 unspecified atom stereocenters. The van der Waals surface area contributed by atoms with Gasteiger partial charge in [0.15, 0.2) is 0 Å². The van der Waals surface area contributed by atoms with E-state index in [4.69, 9.17) is 4.74 Å². The number of benzene rings is 2. The third-order valence-electron chi connectivity index (χ3n) is 3.95. The molecule has 0 radical (unpaired) electrons. The second-order valence-corrected chi connectivity index (χ2v) is 5.16. The first-order valence-electron chi connectivity index (χ1n) is 6.82. The molecule has 2 aromatic carbocycles. The zero-order valence-corrected chi connectivity index (χ0v) is 11.3. The molecule has 0 aromatic heterocycles. The Balaban J connectivity index is 2.17. The second kappa shape index (κ2) is 5.28. The average Bonchev–Trinajstić information content (AvgIpc) is 2.50. The highest BCUT2D eigenvalue weighted by Crippen LogP contribution is 2.40. The van der Waals surface area contributed by atoms with Crippen LogP contribution < -0.4 is 0 Å². The van der Waals surface area contributed by atoms with E-state index in [1.165, 1.54) is 24.3 Å². The zero-order valence-electron chi connectivity index (χ0n) is 11.3. The Morgan fingerprint density at radius 3 is 1.76 bits per heavy atom. The number of carbonyl (C=O) groups is 1. The molecule has 21 heavy (non-hydrogen) atoms. The SMILES string of the molecule is O=C1OCCCC1(c1ccc(F)cc1)c1ccc(F)cc1. The standard InChI is InChI=1S/C17H14F2O2/c18-14-6-2-12(3-7-14)17(10-1-11-21-16(17)20)13-4-8-15(19)9-5-13/h2-9H,1,10-11H2. The summed E-state index contributed by atoms with van der Waals surface area (Å²) in [7, 11) is 0. The van der Waals surface area contributed by atoms with Crippen LogP contribution in [0.25, 0.3) is 0 Å². The molecule has 4 heteroatoms. The molecule has 2 nitrogen and oxygen atoms in total. The van der Waals surface area contributed by atoms with Crippen LogP contribution in [0.2, 0.25) is 0 Å². The second-order valence-electron chi connectivity index (χ2n) is 5.16. The minimum absolute atomic E-state index is 0.364. The van der Waals surface area contributed by atoms with E-state index in [-0.39, 0.29) is 17.6 Å². The lowest BCUT2D eigenvalue weighted by atomic mass is 9.70. The maximum Gasteiger partial charge on any atom is 0.321 e. The van der Waals surface area contributed by atoms with E-state index in [0.717, 1.165) is 0 Å². The molecule has 1 aliphatic rings. The predicted octanol–water partition coefficient (Wildman–Crippen LogP) is 3.59. The lowest BCUT2D eigenvalue weighted by molar-refractivity contribution is -0.153. The summed E-state index contributed by atoms with van der Waals surface area (Å²) in [6.45, 7) is 0.378. The van der Waals surface area contributed by atoms with E-state index in [1.807, 2.05) is 0 Å². The smallest absolute Gasteiger partial charge is 0.321 e. The van der Waals surface area contributed by atoms with Gasteiger partial charge in [-0.05, 0) is 48.2 Å². The van der Waals surface area contributed by atoms with Crippen molar-refractivity contribution >= 4 is 5.97 Å². The molecule has 1 heterocycles. The Morgan fingerprint density at radius 1 is 0.857 bits per heavy atom. The predicted molar refractivity (Wildman–Crippen MR) is 73.8 cm³/mol. The Hall–Kier alpha value is -2.23. The maximum atomic E-state index is 13.2. The molecule has 108 valence electrons. The summed E-state index contributed by atoms with van der Waals surface area (Å²) in [6, 6.07) is 11.6. The molecule has 0 saturated carbocycles. The van der Waals surface area contributed by atoms with Crippen LogP contribution in [0.3, 0.4) is 0 Å². The summed E-state index contributed by atoms with van der Waals surface area (Å²) in [6.07, 6.45) is 1.27. The van der Waals surface area contributed by atoms with Crippen LogP contribution in [0.1, 0.15) is 24.0 Å². The van der Waals surface area contributed by atoms with Crippen LogP contribution in [0.15, 0.2) is 48.5 Å². The summed E-state index contributed by atoms with van der Waals surface area (Å²) < 4.78 is 31.6. The minimum Gasteiger partial charge on any atom is -0.465 e. The molecule has 0 bridgehead atoms. The normalized spacial score (nSPS) is 17.3. The van der Waals surface area contributed by atoms with Gasteiger partial charge < -0.3 is 4.74 Å². The molecule has 1 aliphatic heterocycles. The van der Waals surface area contributed by atoms with Crippen molar-refractivity contribution in [1.82, 2.24) is 0 Å². The summed E-state index contributed by atoms with van der Waals surface area (Å²) in [5, 5.41) is 0. The first-order chi connectivity index (χ1) is 10.1. The molecular weight excluding hydrogens is 274 g/mol. The lowest BCUT2D eigenvalue weighted by Crippen LogP contribution is -2.42. The number of carbonyl (C=O) groups excluding carboxylic acids is 1. The molecular formula is C17H14F2O2. The summed E-state index contributed by atoms with van der Waals surface area (Å²) >= 11 is 0. The number of hydrogen-bond acceptors (Lipinski definition) is 2. The fraction of sp³-hybridized carbons (Fsp3) is 0.235. The van der Waals surface area contributed by atoms with Crippen LogP contribution in [0.5, 0.6) is 0 Å². The fourth-order valence-electron chi connectivity index (χ4n) is 2.89. The molecule has 2 aromatic rings. The maximum absolute atomic E-state index is 13.2. The van der Waals surface area contributed by atoms with Crippen LogP contribution >= 0.6 is 0 Å². The van der Waals surface area contributed by atoms with Crippen molar-refractivity contribution in [3.8, 4) is 0 Å². The van der Waals surface area contributed by atoms with Gasteiger partial charge >= 0.3 is 5.97 Å². The lowest BCUT2D eigenvalue weighted by Gasteiger charge is -2.36. The van der Waals surface area contributed by atoms with Gasteiger partial charge in [0.25, 0.3) is 0 Å². The van der Waals surface area contributed by atoms with E-state index < -0.39 is 5.41 Å². The highest BCUT2D eigenvalue weighted by Gasteiger charge is 2.45. The summed E-state index contributed by atoms with van der Waals surface area (Å²) in [5.41, 5.74) is 0.347. The molecule has 1 saturated heterocycles. The topological polar surface area (TPSA) is 26.3 Å². The average molecular weight is 288 g/mol. The Labute approximate surface area is 121 Å². The van der Waals surface area contributed by atoms with Gasteiger partial charge in [0, 0.05) is 0 Å². The highest BCUT2D eigenvalue weighted by molar-refractivity contribution is 5.88. The number of rotatable bonds is 2. The van der Waals surface area contributed by atoms with Gasteiger partial charge in [-0.3, -0.25) is 4.79 Å². The third-order valence-corrected chi connectivity index (χ3v) is 3.95. The van der Waals surface area contributed by atoms with Gasteiger partial charge in [-0.1, -0.05) is 24.3 Å². The Morgan fingerprint density at radius 2 is 1.33 bits per heavy atom. The van der Waals surface area contributed by atoms with Gasteiger partial charge in [0.1, 0.15) is 17.0 Å². The zero-order chi connectivity index (χ0) is 14.9. The minimum atomic E-state index is -0.986. The van der Waals surface area contributed by atoms with Gasteiger partial charge in [0.05, 0.1) is 6.61 Å². The number of esters is 1. The van der Waals surface area contributed by atoms with Crippen molar-refractivity contribution in [3.63, 3.8) is 0 Å². The van der Waals surface area contributed by atoms with Crippen LogP contribution in [-0.4, -0.2) is 12.6 Å². The molecule has 0 N–H and O–H groups in total. The van der Waals surface area contributed by atoms with Crippen molar-refractivity contribution in [1.29, 1.82) is 0 Å². The molecule has 0 spiro atoms. The summed E-state index contributed by atoms with van der Waals surface area (Å²) in [5.74, 6) is -1.10. The van der Waals surface area contributed by atoms with E-state index in [0.29, 0.717) is 30.6 Å². The van der Waals surface area contributed by atoms with E-state index in [9.17, 15) is 13.6 Å². The first kappa shape index (κ1) is 13.7. The molecule has 0 amide bonds. The Kier molecular flexibility index (Phi) is 3.45. The molecule has 3 rings (SSSR count). The molecule has 0 atom stereocenters.